The molecule has 1 rings (SSSR count). The van der Waals surface area contributed by atoms with Crippen LogP contribution in [0.4, 0.5) is 0 Å². The van der Waals surface area contributed by atoms with Gasteiger partial charge < -0.3 is 10.1 Å². The fourth-order valence-corrected chi connectivity index (χ4v) is 2.57. The Labute approximate surface area is 147 Å². The molecular formula is C18H23ClN2O3. The second kappa shape index (κ2) is 9.94. The summed E-state index contributed by atoms with van der Waals surface area (Å²) in [6.45, 7) is 3.12. The summed E-state index contributed by atoms with van der Waals surface area (Å²) in [6.07, 6.45) is 3.54. The standard InChI is InChI=1S/C18H23ClN2O3/c1-3-24-17(23)18(13-20,21-14(2)22)12-6-4-5-7-15-8-10-16(19)11-9-15/h8-11H,3-7,12H2,1-2H3,(H,21,22). The second-order valence-corrected chi connectivity index (χ2v) is 6.04. The number of aryl methyl sites for hydroxylation is 1. The number of carbonyl (C=O) groups excluding carboxylic acids is 2. The highest BCUT2D eigenvalue weighted by Gasteiger charge is 2.40. The fraction of sp³-hybridized carbons (Fsp3) is 0.500. The molecule has 0 aliphatic rings. The Kier molecular flexibility index (Phi) is 8.28. The molecule has 6 heteroatoms. The summed E-state index contributed by atoms with van der Waals surface area (Å²) in [6, 6.07) is 9.61. The highest BCUT2D eigenvalue weighted by atomic mass is 35.5. The Hall–Kier alpha value is -2.06. The number of ether oxygens (including phenoxy) is 1. The molecule has 130 valence electrons. The quantitative estimate of drug-likeness (QED) is 0.546. The minimum Gasteiger partial charge on any atom is -0.463 e. The van der Waals surface area contributed by atoms with Crippen molar-refractivity contribution in [1.29, 1.82) is 5.26 Å². The monoisotopic (exact) mass is 350 g/mol. The zero-order valence-corrected chi connectivity index (χ0v) is 14.9. The minimum absolute atomic E-state index is 0.165. The number of halogens is 1. The predicted octanol–water partition coefficient (Wildman–Crippen LogP) is 3.40. The van der Waals surface area contributed by atoms with Gasteiger partial charge >= 0.3 is 5.97 Å². The zero-order valence-electron chi connectivity index (χ0n) is 14.1. The number of nitriles is 1. The summed E-state index contributed by atoms with van der Waals surface area (Å²) in [5.74, 6) is -1.12. The van der Waals surface area contributed by atoms with Crippen LogP contribution in [0.1, 0.15) is 45.1 Å². The maximum atomic E-state index is 12.1. The molecule has 0 aliphatic heterocycles. The van der Waals surface area contributed by atoms with Crippen molar-refractivity contribution < 1.29 is 14.3 Å². The number of esters is 1. The van der Waals surface area contributed by atoms with E-state index in [1.54, 1.807) is 6.92 Å². The number of hydrogen-bond acceptors (Lipinski definition) is 4. The number of nitrogens with one attached hydrogen (secondary N) is 1. The van der Waals surface area contributed by atoms with Crippen molar-refractivity contribution in [3.8, 4) is 6.07 Å². The summed E-state index contributed by atoms with van der Waals surface area (Å²) in [7, 11) is 0. The van der Waals surface area contributed by atoms with E-state index in [1.807, 2.05) is 30.3 Å². The lowest BCUT2D eigenvalue weighted by atomic mass is 9.93. The van der Waals surface area contributed by atoms with Gasteiger partial charge in [-0.25, -0.2) is 4.79 Å². The molecule has 1 atom stereocenters. The summed E-state index contributed by atoms with van der Waals surface area (Å²) in [5.41, 5.74) is -0.402. The number of carbonyl (C=O) groups is 2. The first-order valence-corrected chi connectivity index (χ1v) is 8.43. The van der Waals surface area contributed by atoms with Crippen molar-refractivity contribution in [2.24, 2.45) is 0 Å². The van der Waals surface area contributed by atoms with Crippen LogP contribution < -0.4 is 5.32 Å². The fourth-order valence-electron chi connectivity index (χ4n) is 2.45. The van der Waals surface area contributed by atoms with Crippen LogP contribution in [0.25, 0.3) is 0 Å². The van der Waals surface area contributed by atoms with E-state index in [1.165, 1.54) is 12.5 Å². The van der Waals surface area contributed by atoms with Crippen LogP contribution in [0.5, 0.6) is 0 Å². The Balaban J connectivity index is 2.52. The van der Waals surface area contributed by atoms with Gasteiger partial charge in [0.05, 0.1) is 6.61 Å². The van der Waals surface area contributed by atoms with Crippen molar-refractivity contribution in [1.82, 2.24) is 5.32 Å². The highest BCUT2D eigenvalue weighted by Crippen LogP contribution is 2.18. The van der Waals surface area contributed by atoms with Gasteiger partial charge in [0.15, 0.2) is 0 Å². The lowest BCUT2D eigenvalue weighted by Crippen LogP contribution is -2.53. The van der Waals surface area contributed by atoms with Crippen molar-refractivity contribution in [3.05, 3.63) is 34.9 Å². The van der Waals surface area contributed by atoms with Gasteiger partial charge in [-0.15, -0.1) is 0 Å². The van der Waals surface area contributed by atoms with Gasteiger partial charge in [0.1, 0.15) is 6.07 Å². The molecule has 0 aliphatic carbocycles. The lowest BCUT2D eigenvalue weighted by Gasteiger charge is -2.24. The molecule has 0 bridgehead atoms. The summed E-state index contributed by atoms with van der Waals surface area (Å²) >= 11 is 5.85. The molecule has 0 heterocycles. The third-order valence-corrected chi connectivity index (χ3v) is 3.89. The summed E-state index contributed by atoms with van der Waals surface area (Å²) in [4.78, 5) is 23.4. The zero-order chi connectivity index (χ0) is 18.0. The van der Waals surface area contributed by atoms with E-state index in [-0.39, 0.29) is 13.0 Å². The van der Waals surface area contributed by atoms with Crippen LogP contribution in [0.15, 0.2) is 24.3 Å². The van der Waals surface area contributed by atoms with Gasteiger partial charge in [0.25, 0.3) is 0 Å². The second-order valence-electron chi connectivity index (χ2n) is 5.61. The number of unbranched alkanes of at least 4 members (excludes halogenated alkanes) is 2. The van der Waals surface area contributed by atoms with Crippen LogP contribution in [-0.4, -0.2) is 24.0 Å². The molecule has 1 N–H and O–H groups in total. The highest BCUT2D eigenvalue weighted by molar-refractivity contribution is 6.30. The molecule has 24 heavy (non-hydrogen) atoms. The van der Waals surface area contributed by atoms with E-state index >= 15 is 0 Å². The van der Waals surface area contributed by atoms with Gasteiger partial charge in [-0.05, 0) is 50.3 Å². The number of nitrogens with zero attached hydrogens (tertiary/aromatic N) is 1. The molecule has 5 nitrogen and oxygen atoms in total. The van der Waals surface area contributed by atoms with Gasteiger partial charge in [0.2, 0.25) is 11.4 Å². The smallest absolute Gasteiger partial charge is 0.346 e. The van der Waals surface area contributed by atoms with Crippen molar-refractivity contribution in [3.63, 3.8) is 0 Å². The Morgan fingerprint density at radius 3 is 2.46 bits per heavy atom. The summed E-state index contributed by atoms with van der Waals surface area (Å²) in [5, 5.41) is 12.6. The first kappa shape index (κ1) is 20.0. The average molecular weight is 351 g/mol. The maximum absolute atomic E-state index is 12.1. The SMILES string of the molecule is CCOC(=O)C(C#N)(CCCCCc1ccc(Cl)cc1)NC(C)=O. The largest absolute Gasteiger partial charge is 0.463 e. The molecule has 1 aromatic carbocycles. The first-order valence-electron chi connectivity index (χ1n) is 8.05. The Morgan fingerprint density at radius 2 is 1.92 bits per heavy atom. The number of amides is 1. The van der Waals surface area contributed by atoms with Crippen LogP contribution in [-0.2, 0) is 20.7 Å². The van der Waals surface area contributed by atoms with E-state index in [2.05, 4.69) is 5.32 Å². The van der Waals surface area contributed by atoms with Gasteiger partial charge in [-0.3, -0.25) is 4.79 Å². The average Bonchev–Trinajstić information content (AvgIpc) is 2.55. The first-order chi connectivity index (χ1) is 11.4. The predicted molar refractivity (Wildman–Crippen MR) is 92.4 cm³/mol. The van der Waals surface area contributed by atoms with Crippen LogP contribution in [0.2, 0.25) is 5.02 Å². The molecule has 0 aromatic heterocycles. The van der Waals surface area contributed by atoms with Crippen LogP contribution >= 0.6 is 11.6 Å². The molecule has 1 amide bonds. The molecule has 0 fully saturated rings. The molecule has 0 radical (unpaired) electrons. The van der Waals surface area contributed by atoms with Crippen LogP contribution in [0, 0.1) is 11.3 Å². The maximum Gasteiger partial charge on any atom is 0.346 e. The lowest BCUT2D eigenvalue weighted by molar-refractivity contribution is -0.150. The number of hydrogen-bond donors (Lipinski definition) is 1. The molecular weight excluding hydrogens is 328 g/mol. The minimum atomic E-state index is -1.60. The number of benzene rings is 1. The van der Waals surface area contributed by atoms with E-state index in [9.17, 15) is 14.9 Å². The number of rotatable bonds is 9. The third-order valence-electron chi connectivity index (χ3n) is 3.63. The van der Waals surface area contributed by atoms with E-state index in [0.29, 0.717) is 11.4 Å². The molecule has 0 saturated carbocycles. The van der Waals surface area contributed by atoms with Gasteiger partial charge in [0, 0.05) is 11.9 Å². The van der Waals surface area contributed by atoms with Gasteiger partial charge in [-0.2, -0.15) is 5.26 Å². The van der Waals surface area contributed by atoms with Crippen molar-refractivity contribution >= 4 is 23.5 Å². The normalized spacial score (nSPS) is 12.8. The van der Waals surface area contributed by atoms with Gasteiger partial charge in [-0.1, -0.05) is 30.2 Å². The topological polar surface area (TPSA) is 79.2 Å². The Morgan fingerprint density at radius 1 is 1.25 bits per heavy atom. The molecule has 0 spiro atoms. The summed E-state index contributed by atoms with van der Waals surface area (Å²) < 4.78 is 4.95. The van der Waals surface area contributed by atoms with E-state index < -0.39 is 17.4 Å². The van der Waals surface area contributed by atoms with Crippen LogP contribution in [0.3, 0.4) is 0 Å². The van der Waals surface area contributed by atoms with Crippen molar-refractivity contribution in [2.45, 2.75) is 51.5 Å². The molecule has 1 aromatic rings. The molecule has 1 unspecified atom stereocenters. The molecule has 0 saturated heterocycles. The third kappa shape index (κ3) is 6.21. The van der Waals surface area contributed by atoms with Crippen molar-refractivity contribution in [2.75, 3.05) is 6.61 Å². The van der Waals surface area contributed by atoms with E-state index in [0.717, 1.165) is 19.3 Å². The van der Waals surface area contributed by atoms with E-state index in [4.69, 9.17) is 16.3 Å². The Bertz CT molecular complexity index is 595.